The summed E-state index contributed by atoms with van der Waals surface area (Å²) in [6.45, 7) is 5.97. The molecule has 0 unspecified atom stereocenters. The van der Waals surface area contributed by atoms with Gasteiger partial charge in [0.1, 0.15) is 12.4 Å². The second-order valence-corrected chi connectivity index (χ2v) is 5.96. The zero-order chi connectivity index (χ0) is 17.9. The summed E-state index contributed by atoms with van der Waals surface area (Å²) in [5.74, 6) is 1.28. The molecule has 0 aliphatic carbocycles. The average molecular weight is 476 g/mol. The average Bonchev–Trinajstić information content (AvgIpc) is 2.61. The van der Waals surface area contributed by atoms with E-state index in [9.17, 15) is 4.79 Å². The highest BCUT2D eigenvalue weighted by Gasteiger charge is 2.20. The number of amides is 1. The zero-order valence-corrected chi connectivity index (χ0v) is 17.5. The van der Waals surface area contributed by atoms with Crippen molar-refractivity contribution in [3.8, 4) is 5.75 Å². The number of rotatable bonds is 8. The van der Waals surface area contributed by atoms with Gasteiger partial charge in [-0.2, -0.15) is 0 Å². The first-order valence-electron chi connectivity index (χ1n) is 8.75. The maximum atomic E-state index is 11.0. The van der Waals surface area contributed by atoms with Gasteiger partial charge in [-0.05, 0) is 31.9 Å². The molecule has 0 aromatic carbocycles. The number of nitrogens with zero attached hydrogens (tertiary/aromatic N) is 3. The molecule has 9 heteroatoms. The number of aromatic nitrogens is 1. The van der Waals surface area contributed by atoms with E-state index in [2.05, 4.69) is 25.5 Å². The number of likely N-dealkylation sites (tertiary alicyclic amines) is 1. The first-order chi connectivity index (χ1) is 12.2. The van der Waals surface area contributed by atoms with Crippen LogP contribution in [0.3, 0.4) is 0 Å². The quantitative estimate of drug-likeness (QED) is 0.220. The molecule has 0 spiro atoms. The second-order valence-electron chi connectivity index (χ2n) is 5.96. The second kappa shape index (κ2) is 12.7. The molecule has 0 saturated carbocycles. The number of nitrogens with two attached hydrogens (primary N) is 1. The van der Waals surface area contributed by atoms with Crippen LogP contribution in [-0.4, -0.2) is 67.1 Å². The summed E-state index contributed by atoms with van der Waals surface area (Å²) >= 11 is 0. The van der Waals surface area contributed by atoms with E-state index in [1.54, 1.807) is 12.4 Å². The number of primary amides is 1. The number of hydrogen-bond donors (Lipinski definition) is 3. The van der Waals surface area contributed by atoms with Crippen LogP contribution in [0.15, 0.2) is 29.5 Å². The van der Waals surface area contributed by atoms with Crippen molar-refractivity contribution in [1.82, 2.24) is 20.5 Å². The van der Waals surface area contributed by atoms with E-state index >= 15 is 0 Å². The number of carbonyl (C=O) groups is 1. The van der Waals surface area contributed by atoms with Crippen LogP contribution in [0.2, 0.25) is 0 Å². The smallest absolute Gasteiger partial charge is 0.231 e. The molecule has 2 rings (SSSR count). The first-order valence-corrected chi connectivity index (χ1v) is 8.75. The van der Waals surface area contributed by atoms with E-state index in [0.717, 1.165) is 44.2 Å². The molecular formula is C17H29IN6O2. The van der Waals surface area contributed by atoms with Gasteiger partial charge in [0.15, 0.2) is 5.96 Å². The van der Waals surface area contributed by atoms with Gasteiger partial charge in [0.25, 0.3) is 0 Å². The van der Waals surface area contributed by atoms with Crippen LogP contribution in [0.25, 0.3) is 0 Å². The number of nitrogens with one attached hydrogen (secondary N) is 2. The molecule has 26 heavy (non-hydrogen) atoms. The number of pyridine rings is 1. The molecule has 1 fully saturated rings. The van der Waals surface area contributed by atoms with Crippen molar-refractivity contribution >= 4 is 35.8 Å². The van der Waals surface area contributed by atoms with E-state index < -0.39 is 0 Å². The molecule has 1 aliphatic heterocycles. The van der Waals surface area contributed by atoms with Gasteiger partial charge < -0.3 is 21.1 Å². The molecule has 146 valence electrons. The van der Waals surface area contributed by atoms with Gasteiger partial charge in [-0.25, -0.2) is 4.99 Å². The Hall–Kier alpha value is -1.62. The van der Waals surface area contributed by atoms with Gasteiger partial charge >= 0.3 is 0 Å². The van der Waals surface area contributed by atoms with Crippen LogP contribution in [0.1, 0.15) is 19.8 Å². The van der Waals surface area contributed by atoms with Crippen LogP contribution in [0, 0.1) is 0 Å². The largest absolute Gasteiger partial charge is 0.490 e. The topological polar surface area (TPSA) is 105 Å². The third kappa shape index (κ3) is 8.65. The number of carbonyl (C=O) groups excluding carboxylic acids is 1. The molecular weight excluding hydrogens is 447 g/mol. The fourth-order valence-electron chi connectivity index (χ4n) is 2.72. The maximum Gasteiger partial charge on any atom is 0.231 e. The molecule has 1 aliphatic rings. The Balaban J connectivity index is 0.00000338. The third-order valence-electron chi connectivity index (χ3n) is 3.92. The minimum Gasteiger partial charge on any atom is -0.490 e. The van der Waals surface area contributed by atoms with Crippen LogP contribution in [0.5, 0.6) is 5.75 Å². The Kier molecular flexibility index (Phi) is 10.9. The standard InChI is InChI=1S/C17H28N6O2.HI/c1-2-20-17(21-8-11-25-15-4-3-7-19-12-15)22-14-5-9-23(10-6-14)13-16(18)24;/h3-4,7,12,14H,2,5-6,8-11,13H2,1H3,(H2,18,24)(H2,20,21,22);1H. The number of piperidine rings is 1. The van der Waals surface area contributed by atoms with E-state index in [-0.39, 0.29) is 29.9 Å². The Morgan fingerprint density at radius 2 is 2.23 bits per heavy atom. The third-order valence-corrected chi connectivity index (χ3v) is 3.92. The molecule has 1 aromatic rings. The van der Waals surface area contributed by atoms with E-state index in [1.165, 1.54) is 0 Å². The summed E-state index contributed by atoms with van der Waals surface area (Å²) in [6.07, 6.45) is 5.33. The molecule has 0 bridgehead atoms. The molecule has 4 N–H and O–H groups in total. The summed E-state index contributed by atoms with van der Waals surface area (Å²) in [5.41, 5.74) is 5.25. The van der Waals surface area contributed by atoms with Crippen molar-refractivity contribution in [2.75, 3.05) is 39.3 Å². The number of ether oxygens (including phenoxy) is 1. The maximum absolute atomic E-state index is 11.0. The highest BCUT2D eigenvalue weighted by molar-refractivity contribution is 14.0. The number of guanidine groups is 1. The number of halogens is 1. The number of hydrogen-bond acceptors (Lipinski definition) is 5. The zero-order valence-electron chi connectivity index (χ0n) is 15.2. The summed E-state index contributed by atoms with van der Waals surface area (Å²) < 4.78 is 5.60. The number of aliphatic imine (C=N–C) groups is 1. The van der Waals surface area contributed by atoms with Crippen LogP contribution in [0.4, 0.5) is 0 Å². The lowest BCUT2D eigenvalue weighted by molar-refractivity contribution is -0.119. The van der Waals surface area contributed by atoms with Crippen molar-refractivity contribution in [2.24, 2.45) is 10.7 Å². The fourth-order valence-corrected chi connectivity index (χ4v) is 2.72. The summed E-state index contributed by atoms with van der Waals surface area (Å²) in [7, 11) is 0. The van der Waals surface area contributed by atoms with Crippen LogP contribution in [-0.2, 0) is 4.79 Å². The van der Waals surface area contributed by atoms with Crippen LogP contribution < -0.4 is 21.1 Å². The van der Waals surface area contributed by atoms with Crippen molar-refractivity contribution < 1.29 is 9.53 Å². The van der Waals surface area contributed by atoms with Crippen molar-refractivity contribution in [1.29, 1.82) is 0 Å². The highest BCUT2D eigenvalue weighted by atomic mass is 127. The van der Waals surface area contributed by atoms with Gasteiger partial charge in [-0.1, -0.05) is 0 Å². The predicted molar refractivity (Wildman–Crippen MR) is 113 cm³/mol. The molecule has 1 saturated heterocycles. The molecule has 1 aromatic heterocycles. The summed E-state index contributed by atoms with van der Waals surface area (Å²) in [4.78, 5) is 21.6. The molecule has 2 heterocycles. The predicted octanol–water partition coefficient (Wildman–Crippen LogP) is 0.583. The Morgan fingerprint density at radius 3 is 2.85 bits per heavy atom. The Labute approximate surface area is 172 Å². The Bertz CT molecular complexity index is 549. The monoisotopic (exact) mass is 476 g/mol. The van der Waals surface area contributed by atoms with Crippen molar-refractivity contribution in [3.05, 3.63) is 24.5 Å². The van der Waals surface area contributed by atoms with Crippen molar-refractivity contribution in [3.63, 3.8) is 0 Å². The lowest BCUT2D eigenvalue weighted by Gasteiger charge is -2.32. The molecule has 8 nitrogen and oxygen atoms in total. The molecule has 0 radical (unpaired) electrons. The summed E-state index contributed by atoms with van der Waals surface area (Å²) in [6, 6.07) is 4.07. The van der Waals surface area contributed by atoms with E-state index in [4.69, 9.17) is 10.5 Å². The van der Waals surface area contributed by atoms with Crippen molar-refractivity contribution in [2.45, 2.75) is 25.8 Å². The highest BCUT2D eigenvalue weighted by Crippen LogP contribution is 2.09. The minimum atomic E-state index is -0.269. The van der Waals surface area contributed by atoms with Gasteiger partial charge in [0.05, 0.1) is 19.3 Å². The van der Waals surface area contributed by atoms with Gasteiger partial charge in [0.2, 0.25) is 5.91 Å². The lowest BCUT2D eigenvalue weighted by atomic mass is 10.1. The van der Waals surface area contributed by atoms with E-state index in [0.29, 0.717) is 25.7 Å². The first kappa shape index (κ1) is 22.4. The SMILES string of the molecule is CCNC(=NCCOc1cccnc1)NC1CCN(CC(N)=O)CC1.I. The van der Waals surface area contributed by atoms with Crippen LogP contribution >= 0.6 is 24.0 Å². The van der Waals surface area contributed by atoms with Gasteiger partial charge in [-0.15, -0.1) is 24.0 Å². The van der Waals surface area contributed by atoms with E-state index in [1.807, 2.05) is 19.1 Å². The Morgan fingerprint density at radius 1 is 1.46 bits per heavy atom. The molecule has 1 amide bonds. The van der Waals surface area contributed by atoms with Gasteiger partial charge in [0, 0.05) is 31.9 Å². The normalized spacial score (nSPS) is 15.8. The summed E-state index contributed by atoms with van der Waals surface area (Å²) in [5, 5.41) is 6.71. The minimum absolute atomic E-state index is 0. The fraction of sp³-hybridized carbons (Fsp3) is 0.588. The van der Waals surface area contributed by atoms with Gasteiger partial charge in [-0.3, -0.25) is 14.7 Å². The molecule has 0 atom stereocenters. The lowest BCUT2D eigenvalue weighted by Crippen LogP contribution is -2.49.